The molecule has 0 aromatic heterocycles. The second-order valence-corrected chi connectivity index (χ2v) is 7.48. The van der Waals surface area contributed by atoms with Crippen molar-refractivity contribution in [2.24, 2.45) is 0 Å². The lowest BCUT2D eigenvalue weighted by atomic mass is 10.1. The minimum atomic E-state index is -3.22. The van der Waals surface area contributed by atoms with E-state index < -0.39 is 9.84 Å². The topological polar surface area (TPSA) is 55.4 Å². The number of methoxy groups -OCH3 is 1. The van der Waals surface area contributed by atoms with Crippen molar-refractivity contribution >= 4 is 27.1 Å². The maximum absolute atomic E-state index is 11.5. The van der Waals surface area contributed by atoms with E-state index in [0.29, 0.717) is 17.3 Å². The van der Waals surface area contributed by atoms with Gasteiger partial charge in [0.05, 0.1) is 21.2 Å². The molecule has 0 atom stereocenters. The number of rotatable bonds is 6. The largest absolute Gasteiger partial charge is 0.384 e. The first kappa shape index (κ1) is 16.3. The summed E-state index contributed by atoms with van der Waals surface area (Å²) in [5.41, 5.74) is 0.393. The van der Waals surface area contributed by atoms with Gasteiger partial charge in [-0.25, -0.2) is 8.42 Å². The smallest absolute Gasteiger partial charge is 0.175 e. The van der Waals surface area contributed by atoms with E-state index in [1.807, 2.05) is 13.8 Å². The van der Waals surface area contributed by atoms with Crippen LogP contribution in [-0.2, 0) is 14.6 Å². The molecule has 108 valence electrons. The third kappa shape index (κ3) is 5.01. The minimum Gasteiger partial charge on any atom is -0.384 e. The van der Waals surface area contributed by atoms with Crippen LogP contribution in [0.1, 0.15) is 20.3 Å². The molecule has 0 aliphatic heterocycles. The van der Waals surface area contributed by atoms with Crippen LogP contribution in [0.2, 0.25) is 5.02 Å². The van der Waals surface area contributed by atoms with E-state index in [2.05, 4.69) is 5.32 Å². The zero-order valence-electron chi connectivity index (χ0n) is 11.7. The SMILES string of the molecule is COC(C)(C)CCNc1cc(S(C)(=O)=O)ccc1Cl. The third-order valence-corrected chi connectivity index (χ3v) is 4.40. The Morgan fingerprint density at radius 1 is 1.37 bits per heavy atom. The predicted octanol–water partition coefficient (Wildman–Crippen LogP) is 2.97. The Balaban J connectivity index is 2.79. The second kappa shape index (κ2) is 6.11. The molecule has 0 aliphatic carbocycles. The van der Waals surface area contributed by atoms with Crippen LogP contribution < -0.4 is 5.32 Å². The highest BCUT2D eigenvalue weighted by molar-refractivity contribution is 7.90. The molecule has 1 N–H and O–H groups in total. The third-order valence-electron chi connectivity index (χ3n) is 2.96. The van der Waals surface area contributed by atoms with Crippen LogP contribution in [0.4, 0.5) is 5.69 Å². The van der Waals surface area contributed by atoms with Gasteiger partial charge in [-0.2, -0.15) is 0 Å². The van der Waals surface area contributed by atoms with Gasteiger partial charge in [0.15, 0.2) is 9.84 Å². The van der Waals surface area contributed by atoms with Gasteiger partial charge in [0.1, 0.15) is 0 Å². The van der Waals surface area contributed by atoms with E-state index in [4.69, 9.17) is 16.3 Å². The summed E-state index contributed by atoms with van der Waals surface area (Å²) in [5.74, 6) is 0. The summed E-state index contributed by atoms with van der Waals surface area (Å²) in [6, 6.07) is 4.64. The summed E-state index contributed by atoms with van der Waals surface area (Å²) >= 11 is 6.04. The van der Waals surface area contributed by atoms with Crippen molar-refractivity contribution in [3.05, 3.63) is 23.2 Å². The monoisotopic (exact) mass is 305 g/mol. The number of ether oxygens (including phenoxy) is 1. The van der Waals surface area contributed by atoms with Crippen LogP contribution in [0, 0.1) is 0 Å². The first-order valence-electron chi connectivity index (χ1n) is 5.94. The fraction of sp³-hybridized carbons (Fsp3) is 0.538. The molecule has 0 saturated heterocycles. The maximum Gasteiger partial charge on any atom is 0.175 e. The molecule has 0 saturated carbocycles. The van der Waals surface area contributed by atoms with Crippen LogP contribution in [-0.4, -0.2) is 33.9 Å². The molecule has 0 aliphatic rings. The first-order valence-corrected chi connectivity index (χ1v) is 8.21. The fourth-order valence-electron chi connectivity index (χ4n) is 1.47. The number of sulfone groups is 1. The van der Waals surface area contributed by atoms with E-state index in [0.717, 1.165) is 6.42 Å². The maximum atomic E-state index is 11.5. The van der Waals surface area contributed by atoms with Crippen molar-refractivity contribution in [1.82, 2.24) is 0 Å². The van der Waals surface area contributed by atoms with Crippen LogP contribution in [0.15, 0.2) is 23.1 Å². The van der Waals surface area contributed by atoms with E-state index in [1.165, 1.54) is 12.3 Å². The summed E-state index contributed by atoms with van der Waals surface area (Å²) in [6.45, 7) is 4.63. The summed E-state index contributed by atoms with van der Waals surface area (Å²) in [5, 5.41) is 3.64. The van der Waals surface area contributed by atoms with Gasteiger partial charge in [0.2, 0.25) is 0 Å². The van der Waals surface area contributed by atoms with Gasteiger partial charge >= 0.3 is 0 Å². The van der Waals surface area contributed by atoms with Gasteiger partial charge in [0, 0.05) is 19.9 Å². The molecular weight excluding hydrogens is 286 g/mol. The molecule has 1 aromatic carbocycles. The van der Waals surface area contributed by atoms with Gasteiger partial charge in [-0.3, -0.25) is 0 Å². The van der Waals surface area contributed by atoms with Gasteiger partial charge in [-0.15, -0.1) is 0 Å². The van der Waals surface area contributed by atoms with E-state index in [1.54, 1.807) is 19.2 Å². The Morgan fingerprint density at radius 2 is 2.00 bits per heavy atom. The lowest BCUT2D eigenvalue weighted by Gasteiger charge is -2.23. The highest BCUT2D eigenvalue weighted by Gasteiger charge is 2.16. The van der Waals surface area contributed by atoms with Crippen molar-refractivity contribution in [3.63, 3.8) is 0 Å². The second-order valence-electron chi connectivity index (χ2n) is 5.05. The van der Waals surface area contributed by atoms with Gasteiger partial charge in [-0.05, 0) is 38.5 Å². The van der Waals surface area contributed by atoms with Crippen molar-refractivity contribution < 1.29 is 13.2 Å². The molecule has 0 bridgehead atoms. The van der Waals surface area contributed by atoms with Gasteiger partial charge in [0.25, 0.3) is 0 Å². The van der Waals surface area contributed by atoms with E-state index >= 15 is 0 Å². The molecule has 0 unspecified atom stereocenters. The normalized spacial score (nSPS) is 12.5. The van der Waals surface area contributed by atoms with Crippen LogP contribution >= 0.6 is 11.6 Å². The lowest BCUT2D eigenvalue weighted by Crippen LogP contribution is -2.25. The molecule has 0 spiro atoms. The van der Waals surface area contributed by atoms with Crippen molar-refractivity contribution in [2.45, 2.75) is 30.8 Å². The Hall–Kier alpha value is -0.780. The highest BCUT2D eigenvalue weighted by Crippen LogP contribution is 2.25. The summed E-state index contributed by atoms with van der Waals surface area (Å²) in [4.78, 5) is 0.255. The molecule has 0 radical (unpaired) electrons. The average Bonchev–Trinajstić information content (AvgIpc) is 2.30. The summed E-state index contributed by atoms with van der Waals surface area (Å²) in [7, 11) is -1.56. The predicted molar refractivity (Wildman–Crippen MR) is 78.8 cm³/mol. The van der Waals surface area contributed by atoms with E-state index in [-0.39, 0.29) is 10.5 Å². The van der Waals surface area contributed by atoms with Crippen molar-refractivity contribution in [1.29, 1.82) is 0 Å². The lowest BCUT2D eigenvalue weighted by molar-refractivity contribution is 0.0185. The number of halogens is 1. The average molecular weight is 306 g/mol. The zero-order valence-corrected chi connectivity index (χ0v) is 13.2. The number of benzene rings is 1. The Labute approximate surface area is 120 Å². The fourth-order valence-corrected chi connectivity index (χ4v) is 2.30. The van der Waals surface area contributed by atoms with E-state index in [9.17, 15) is 8.42 Å². The Kier molecular flexibility index (Phi) is 5.24. The molecule has 0 amide bonds. The minimum absolute atomic E-state index is 0.228. The zero-order chi connectivity index (χ0) is 14.7. The standard InChI is InChI=1S/C13H20ClNO3S/c1-13(2,18-3)7-8-15-12-9-10(19(4,16)17)5-6-11(12)14/h5-6,9,15H,7-8H2,1-4H3. The molecule has 1 rings (SSSR count). The number of anilines is 1. The number of hydrogen-bond donors (Lipinski definition) is 1. The molecule has 1 aromatic rings. The quantitative estimate of drug-likeness (QED) is 0.878. The molecule has 0 fully saturated rings. The van der Waals surface area contributed by atoms with Gasteiger partial charge in [-0.1, -0.05) is 11.6 Å². The number of nitrogens with one attached hydrogen (secondary N) is 1. The van der Waals surface area contributed by atoms with Crippen molar-refractivity contribution in [2.75, 3.05) is 25.2 Å². The molecule has 19 heavy (non-hydrogen) atoms. The Morgan fingerprint density at radius 3 is 2.53 bits per heavy atom. The number of hydrogen-bond acceptors (Lipinski definition) is 4. The first-order chi connectivity index (χ1) is 8.65. The summed E-state index contributed by atoms with van der Waals surface area (Å²) < 4.78 is 28.3. The van der Waals surface area contributed by atoms with Crippen LogP contribution in [0.25, 0.3) is 0 Å². The molecule has 0 heterocycles. The van der Waals surface area contributed by atoms with Crippen LogP contribution in [0.5, 0.6) is 0 Å². The molecule has 4 nitrogen and oxygen atoms in total. The highest BCUT2D eigenvalue weighted by atomic mass is 35.5. The van der Waals surface area contributed by atoms with Crippen molar-refractivity contribution in [3.8, 4) is 0 Å². The molecule has 6 heteroatoms. The molecular formula is C13H20ClNO3S. The van der Waals surface area contributed by atoms with Gasteiger partial charge < -0.3 is 10.1 Å². The Bertz CT molecular complexity index is 541. The van der Waals surface area contributed by atoms with Crippen LogP contribution in [0.3, 0.4) is 0 Å². The summed E-state index contributed by atoms with van der Waals surface area (Å²) in [6.07, 6.45) is 1.96.